The van der Waals surface area contributed by atoms with Crippen LogP contribution in [0.15, 0.2) is 53.2 Å². The highest BCUT2D eigenvalue weighted by atomic mass is 35.5. The Labute approximate surface area is 149 Å². The zero-order valence-electron chi connectivity index (χ0n) is 13.3. The van der Waals surface area contributed by atoms with Crippen molar-refractivity contribution in [2.75, 3.05) is 0 Å². The number of aliphatic carboxylic acids is 1. The van der Waals surface area contributed by atoms with Crippen molar-refractivity contribution in [2.45, 2.75) is 25.3 Å². The highest BCUT2D eigenvalue weighted by Crippen LogP contribution is 2.32. The molecule has 1 atom stereocenters. The number of carboxylic acids is 1. The lowest BCUT2D eigenvalue weighted by atomic mass is 10.1. The van der Waals surface area contributed by atoms with Gasteiger partial charge in [0.05, 0.1) is 12.0 Å². The van der Waals surface area contributed by atoms with Gasteiger partial charge in [-0.15, -0.1) is 0 Å². The van der Waals surface area contributed by atoms with Gasteiger partial charge in [0.2, 0.25) is 5.91 Å². The van der Waals surface area contributed by atoms with Crippen LogP contribution in [-0.4, -0.2) is 22.0 Å². The van der Waals surface area contributed by atoms with E-state index in [1.807, 2.05) is 18.2 Å². The summed E-state index contributed by atoms with van der Waals surface area (Å²) in [5, 5.41) is 10.8. The number of nitrogens with zero attached hydrogens (tertiary/aromatic N) is 1. The summed E-state index contributed by atoms with van der Waals surface area (Å²) in [7, 11) is 0. The first-order valence-electron chi connectivity index (χ1n) is 7.86. The molecular weight excluding hydrogens is 344 g/mol. The van der Waals surface area contributed by atoms with Crippen LogP contribution in [0.2, 0.25) is 5.02 Å². The van der Waals surface area contributed by atoms with Gasteiger partial charge >= 0.3 is 5.97 Å². The Morgan fingerprint density at radius 2 is 1.96 bits per heavy atom. The number of benzene rings is 1. The van der Waals surface area contributed by atoms with Gasteiger partial charge in [-0.3, -0.25) is 15.0 Å². The lowest BCUT2D eigenvalue weighted by Gasteiger charge is -2.24. The fourth-order valence-electron chi connectivity index (χ4n) is 2.66. The Bertz CT molecular complexity index is 784. The van der Waals surface area contributed by atoms with Gasteiger partial charge in [-0.25, -0.2) is 5.01 Å². The molecule has 1 aromatic carbocycles. The molecule has 0 saturated heterocycles. The molecule has 2 aromatic rings. The third-order valence-corrected chi connectivity index (χ3v) is 4.14. The minimum atomic E-state index is -0.912. The Kier molecular flexibility index (Phi) is 5.09. The summed E-state index contributed by atoms with van der Waals surface area (Å²) in [6.45, 7) is 0. The van der Waals surface area contributed by atoms with Gasteiger partial charge in [0, 0.05) is 17.9 Å². The Morgan fingerprint density at radius 1 is 1.20 bits per heavy atom. The van der Waals surface area contributed by atoms with Crippen molar-refractivity contribution in [3.63, 3.8) is 0 Å². The molecule has 1 aliphatic heterocycles. The third kappa shape index (κ3) is 4.03. The minimum Gasteiger partial charge on any atom is -0.481 e. The first-order valence-corrected chi connectivity index (χ1v) is 8.24. The number of carbonyl (C=O) groups excluding carboxylic acids is 1. The number of nitrogens with one attached hydrogen (secondary N) is 1. The molecule has 1 aliphatic rings. The third-order valence-electron chi connectivity index (χ3n) is 3.88. The second-order valence-corrected chi connectivity index (χ2v) is 6.11. The van der Waals surface area contributed by atoms with E-state index < -0.39 is 12.0 Å². The smallest absolute Gasteiger partial charge is 0.303 e. The molecule has 25 heavy (non-hydrogen) atoms. The van der Waals surface area contributed by atoms with E-state index in [9.17, 15) is 9.59 Å². The van der Waals surface area contributed by atoms with Crippen molar-refractivity contribution in [2.24, 2.45) is 0 Å². The Hall–Kier alpha value is -2.73. The largest absolute Gasteiger partial charge is 0.481 e. The van der Waals surface area contributed by atoms with Crippen molar-refractivity contribution in [1.82, 2.24) is 10.4 Å². The van der Waals surface area contributed by atoms with Gasteiger partial charge in [0.25, 0.3) is 0 Å². The Morgan fingerprint density at radius 3 is 2.60 bits per heavy atom. The van der Waals surface area contributed by atoms with E-state index in [1.165, 1.54) is 5.01 Å². The minimum absolute atomic E-state index is 0.0392. The van der Waals surface area contributed by atoms with Crippen LogP contribution < -0.4 is 5.43 Å². The standard InChI is InChI=1S/C18H17ClN2O4/c19-13-8-6-12(7-9-13)14-11-15(16-3-2-10-25-16)21(20-14)17(22)4-1-5-18(23)24/h2-3,6-11,15,20H,1,4-5H2,(H,23,24)/t15-/m0/s1. The maximum Gasteiger partial charge on any atom is 0.303 e. The fourth-order valence-corrected chi connectivity index (χ4v) is 2.78. The number of carbonyl (C=O) groups is 2. The number of hydrogen-bond acceptors (Lipinski definition) is 4. The van der Waals surface area contributed by atoms with Gasteiger partial charge in [0.1, 0.15) is 11.8 Å². The van der Waals surface area contributed by atoms with Crippen molar-refractivity contribution >= 4 is 29.2 Å². The summed E-state index contributed by atoms with van der Waals surface area (Å²) < 4.78 is 5.45. The van der Waals surface area contributed by atoms with Crippen LogP contribution in [0.3, 0.4) is 0 Å². The van der Waals surface area contributed by atoms with E-state index in [0.29, 0.717) is 10.8 Å². The van der Waals surface area contributed by atoms with Crippen LogP contribution in [0, 0.1) is 0 Å². The summed E-state index contributed by atoms with van der Waals surface area (Å²) in [4.78, 5) is 23.2. The average Bonchev–Trinajstić information content (AvgIpc) is 3.24. The lowest BCUT2D eigenvalue weighted by molar-refractivity contribution is -0.137. The van der Waals surface area contributed by atoms with E-state index in [2.05, 4.69) is 5.43 Å². The average molecular weight is 361 g/mol. The van der Waals surface area contributed by atoms with Gasteiger partial charge in [-0.05, 0) is 42.3 Å². The molecule has 6 nitrogen and oxygen atoms in total. The zero-order valence-corrected chi connectivity index (χ0v) is 14.1. The summed E-state index contributed by atoms with van der Waals surface area (Å²) in [6.07, 6.45) is 3.84. The molecule has 0 radical (unpaired) electrons. The number of amides is 1. The molecule has 0 unspecified atom stereocenters. The quantitative estimate of drug-likeness (QED) is 0.822. The van der Waals surface area contributed by atoms with Crippen molar-refractivity contribution < 1.29 is 19.1 Å². The van der Waals surface area contributed by atoms with E-state index in [0.717, 1.165) is 11.3 Å². The van der Waals surface area contributed by atoms with Crippen molar-refractivity contribution in [3.05, 3.63) is 65.1 Å². The molecule has 7 heteroatoms. The molecule has 130 valence electrons. The monoisotopic (exact) mass is 360 g/mol. The van der Waals surface area contributed by atoms with Gasteiger partial charge in [-0.1, -0.05) is 23.7 Å². The van der Waals surface area contributed by atoms with Crippen molar-refractivity contribution in [3.8, 4) is 0 Å². The SMILES string of the molecule is O=C(O)CCCC(=O)N1NC(c2ccc(Cl)cc2)=C[C@H]1c1ccco1. The molecule has 0 bridgehead atoms. The van der Waals surface area contributed by atoms with E-state index >= 15 is 0 Å². The predicted molar refractivity (Wildman–Crippen MR) is 92.3 cm³/mol. The lowest BCUT2D eigenvalue weighted by Crippen LogP contribution is -2.39. The van der Waals surface area contributed by atoms with E-state index in [-0.39, 0.29) is 25.2 Å². The fraction of sp³-hybridized carbons (Fsp3) is 0.222. The van der Waals surface area contributed by atoms with Crippen molar-refractivity contribution in [1.29, 1.82) is 0 Å². The van der Waals surface area contributed by atoms with Gasteiger partial charge in [-0.2, -0.15) is 0 Å². The molecule has 0 aliphatic carbocycles. The summed E-state index contributed by atoms with van der Waals surface area (Å²) in [5.41, 5.74) is 4.76. The Balaban J connectivity index is 1.79. The molecule has 1 amide bonds. The van der Waals surface area contributed by atoms with Crippen LogP contribution in [0.4, 0.5) is 0 Å². The number of hydrazine groups is 1. The molecule has 0 spiro atoms. The molecule has 0 saturated carbocycles. The van der Waals surface area contributed by atoms with Crippen LogP contribution in [0.1, 0.15) is 36.6 Å². The number of carboxylic acid groups (broad SMARTS) is 1. The van der Waals surface area contributed by atoms with E-state index in [1.54, 1.807) is 30.5 Å². The molecule has 1 aromatic heterocycles. The summed E-state index contributed by atoms with van der Waals surface area (Å²) in [6, 6.07) is 10.4. The van der Waals surface area contributed by atoms with Crippen LogP contribution in [0.5, 0.6) is 0 Å². The molecular formula is C18H17ClN2O4. The maximum absolute atomic E-state index is 12.5. The highest BCUT2D eigenvalue weighted by Gasteiger charge is 2.32. The highest BCUT2D eigenvalue weighted by molar-refractivity contribution is 6.30. The first-order chi connectivity index (χ1) is 12.0. The molecule has 2 heterocycles. The second-order valence-electron chi connectivity index (χ2n) is 5.67. The molecule has 3 rings (SSSR count). The first kappa shape index (κ1) is 17.1. The van der Waals surface area contributed by atoms with Crippen LogP contribution >= 0.6 is 11.6 Å². The number of halogens is 1. The summed E-state index contributed by atoms with van der Waals surface area (Å²) in [5.74, 6) is -0.476. The van der Waals surface area contributed by atoms with E-state index in [4.69, 9.17) is 21.1 Å². The van der Waals surface area contributed by atoms with Crippen LogP contribution in [-0.2, 0) is 9.59 Å². The number of rotatable bonds is 6. The second kappa shape index (κ2) is 7.44. The maximum atomic E-state index is 12.5. The number of hydrogen-bond donors (Lipinski definition) is 2. The molecule has 0 fully saturated rings. The zero-order chi connectivity index (χ0) is 17.8. The summed E-state index contributed by atoms with van der Waals surface area (Å²) >= 11 is 5.92. The van der Waals surface area contributed by atoms with Gasteiger partial charge in [0.15, 0.2) is 0 Å². The normalized spacial score (nSPS) is 16.4. The van der Waals surface area contributed by atoms with Gasteiger partial charge < -0.3 is 9.52 Å². The molecule has 2 N–H and O–H groups in total. The predicted octanol–water partition coefficient (Wildman–Crippen LogP) is 3.62. The van der Waals surface area contributed by atoms with Crippen LogP contribution in [0.25, 0.3) is 5.70 Å². The topological polar surface area (TPSA) is 82.8 Å². The number of furan rings is 1.